The number of fused-ring (bicyclic) bond motifs is 1. The van der Waals surface area contributed by atoms with Gasteiger partial charge in [0.05, 0.1) is 11.6 Å². The second-order valence-corrected chi connectivity index (χ2v) is 4.24. The second-order valence-electron chi connectivity index (χ2n) is 3.73. The fraction of sp³-hybridized carbons (Fsp3) is 0. The maximum atomic E-state index is 8.57. The van der Waals surface area contributed by atoms with Gasteiger partial charge in [-0.15, -0.1) is 12.6 Å². The first-order chi connectivity index (χ1) is 8.79. The lowest BCUT2D eigenvalue weighted by molar-refractivity contribution is 1.46. The molecule has 0 saturated carbocycles. The molecule has 3 heteroatoms. The third kappa shape index (κ3) is 3.16. The Morgan fingerprint density at radius 1 is 1.00 bits per heavy atom. The molecule has 0 fully saturated rings. The summed E-state index contributed by atoms with van der Waals surface area (Å²) in [6.07, 6.45) is 1.87. The van der Waals surface area contributed by atoms with Crippen LogP contribution in [0.15, 0.2) is 65.7 Å². The van der Waals surface area contributed by atoms with Crippen LogP contribution >= 0.6 is 12.6 Å². The standard InChI is InChI=1S/C9H6N2.C6H6S/c10-6-7-1-2-8-3-4-11-9(8)5-7;7-6-4-2-1-3-5-6/h1-5,11H;1-5,7H. The maximum absolute atomic E-state index is 8.57. The van der Waals surface area contributed by atoms with Gasteiger partial charge in [-0.3, -0.25) is 0 Å². The van der Waals surface area contributed by atoms with E-state index >= 15 is 0 Å². The number of rotatable bonds is 0. The lowest BCUT2D eigenvalue weighted by Crippen LogP contribution is -1.72. The number of thiol groups is 1. The number of aromatic amines is 1. The van der Waals surface area contributed by atoms with Crippen LogP contribution in [0.2, 0.25) is 0 Å². The Kier molecular flexibility index (Phi) is 4.06. The summed E-state index contributed by atoms with van der Waals surface area (Å²) in [6, 6.07) is 19.5. The molecule has 18 heavy (non-hydrogen) atoms. The lowest BCUT2D eigenvalue weighted by atomic mass is 10.2. The van der Waals surface area contributed by atoms with Crippen molar-refractivity contribution in [3.8, 4) is 6.07 Å². The highest BCUT2D eigenvalue weighted by atomic mass is 32.1. The molecule has 2 nitrogen and oxygen atoms in total. The quantitative estimate of drug-likeness (QED) is 0.583. The van der Waals surface area contributed by atoms with E-state index < -0.39 is 0 Å². The van der Waals surface area contributed by atoms with E-state index in [-0.39, 0.29) is 0 Å². The summed E-state index contributed by atoms with van der Waals surface area (Å²) in [4.78, 5) is 4.06. The molecule has 0 radical (unpaired) electrons. The van der Waals surface area contributed by atoms with E-state index in [4.69, 9.17) is 5.26 Å². The van der Waals surface area contributed by atoms with Crippen LogP contribution in [0.3, 0.4) is 0 Å². The summed E-state index contributed by atoms with van der Waals surface area (Å²) in [5.41, 5.74) is 1.71. The van der Waals surface area contributed by atoms with E-state index in [1.807, 2.05) is 60.8 Å². The van der Waals surface area contributed by atoms with Gasteiger partial charge in [-0.2, -0.15) is 5.26 Å². The van der Waals surface area contributed by atoms with Crippen LogP contribution in [-0.2, 0) is 0 Å². The Balaban J connectivity index is 0.000000149. The van der Waals surface area contributed by atoms with Crippen molar-refractivity contribution in [3.63, 3.8) is 0 Å². The number of nitrogens with zero attached hydrogens (tertiary/aromatic N) is 1. The molecule has 0 spiro atoms. The molecule has 1 heterocycles. The minimum atomic E-state index is 0.694. The molecule has 0 bridgehead atoms. The van der Waals surface area contributed by atoms with Crippen molar-refractivity contribution in [2.75, 3.05) is 0 Å². The van der Waals surface area contributed by atoms with Crippen LogP contribution in [0.1, 0.15) is 5.56 Å². The van der Waals surface area contributed by atoms with Crippen LogP contribution in [0.5, 0.6) is 0 Å². The molecule has 3 rings (SSSR count). The Morgan fingerprint density at radius 3 is 2.39 bits per heavy atom. The Morgan fingerprint density at radius 2 is 1.78 bits per heavy atom. The number of nitriles is 1. The fourth-order valence-electron chi connectivity index (χ4n) is 1.55. The normalized spacial score (nSPS) is 9.33. The van der Waals surface area contributed by atoms with Gasteiger partial charge in [0.25, 0.3) is 0 Å². The van der Waals surface area contributed by atoms with Crippen molar-refractivity contribution in [3.05, 3.63) is 66.4 Å². The SMILES string of the molecule is N#Cc1ccc2cc[nH]c2c1.Sc1ccccc1. The topological polar surface area (TPSA) is 39.6 Å². The highest BCUT2D eigenvalue weighted by Crippen LogP contribution is 2.12. The van der Waals surface area contributed by atoms with Crippen molar-refractivity contribution in [2.24, 2.45) is 0 Å². The van der Waals surface area contributed by atoms with Crippen molar-refractivity contribution >= 4 is 23.5 Å². The molecule has 0 aliphatic rings. The van der Waals surface area contributed by atoms with Crippen LogP contribution in [0, 0.1) is 11.3 Å². The molecule has 0 amide bonds. The predicted octanol–water partition coefficient (Wildman–Crippen LogP) is 4.01. The van der Waals surface area contributed by atoms with Gasteiger partial charge in [-0.1, -0.05) is 24.3 Å². The predicted molar refractivity (Wildman–Crippen MR) is 76.7 cm³/mol. The van der Waals surface area contributed by atoms with Crippen LogP contribution in [-0.4, -0.2) is 4.98 Å². The third-order valence-electron chi connectivity index (χ3n) is 2.44. The summed E-state index contributed by atoms with van der Waals surface area (Å²) in [5, 5.41) is 9.71. The average Bonchev–Trinajstić information content (AvgIpc) is 2.87. The van der Waals surface area contributed by atoms with Crippen molar-refractivity contribution < 1.29 is 0 Å². The summed E-state index contributed by atoms with van der Waals surface area (Å²) in [5.74, 6) is 0. The van der Waals surface area contributed by atoms with E-state index in [9.17, 15) is 0 Å². The van der Waals surface area contributed by atoms with E-state index in [2.05, 4.69) is 23.7 Å². The Labute approximate surface area is 111 Å². The van der Waals surface area contributed by atoms with Gasteiger partial charge >= 0.3 is 0 Å². The first-order valence-electron chi connectivity index (χ1n) is 5.51. The van der Waals surface area contributed by atoms with Gasteiger partial charge in [0.15, 0.2) is 0 Å². The highest BCUT2D eigenvalue weighted by molar-refractivity contribution is 7.80. The van der Waals surface area contributed by atoms with Crippen LogP contribution in [0.25, 0.3) is 10.9 Å². The molecule has 2 aromatic carbocycles. The zero-order valence-electron chi connectivity index (χ0n) is 9.67. The first kappa shape index (κ1) is 12.3. The Hall–Kier alpha value is -2.18. The number of H-pyrrole nitrogens is 1. The highest BCUT2D eigenvalue weighted by Gasteiger charge is 1.94. The maximum Gasteiger partial charge on any atom is 0.0992 e. The zero-order valence-corrected chi connectivity index (χ0v) is 10.6. The van der Waals surface area contributed by atoms with Gasteiger partial charge in [0.1, 0.15) is 0 Å². The third-order valence-corrected chi connectivity index (χ3v) is 2.74. The van der Waals surface area contributed by atoms with Crippen molar-refractivity contribution in [1.82, 2.24) is 4.98 Å². The molecular formula is C15H12N2S. The van der Waals surface area contributed by atoms with Gasteiger partial charge in [-0.05, 0) is 35.7 Å². The monoisotopic (exact) mass is 252 g/mol. The van der Waals surface area contributed by atoms with Crippen LogP contribution in [0.4, 0.5) is 0 Å². The van der Waals surface area contributed by atoms with E-state index in [1.54, 1.807) is 0 Å². The van der Waals surface area contributed by atoms with E-state index in [0.717, 1.165) is 15.8 Å². The smallest absolute Gasteiger partial charge is 0.0992 e. The molecule has 1 aromatic heterocycles. The van der Waals surface area contributed by atoms with Crippen molar-refractivity contribution in [2.45, 2.75) is 4.90 Å². The van der Waals surface area contributed by atoms with Gasteiger partial charge < -0.3 is 4.98 Å². The van der Waals surface area contributed by atoms with Crippen molar-refractivity contribution in [1.29, 1.82) is 5.26 Å². The molecular weight excluding hydrogens is 240 g/mol. The van der Waals surface area contributed by atoms with Gasteiger partial charge in [0, 0.05) is 16.6 Å². The molecule has 0 unspecified atom stereocenters. The zero-order chi connectivity index (χ0) is 12.8. The Bertz CT molecular complexity index is 666. The summed E-state index contributed by atoms with van der Waals surface area (Å²) in [7, 11) is 0. The number of hydrogen-bond donors (Lipinski definition) is 2. The number of hydrogen-bond acceptors (Lipinski definition) is 2. The number of nitrogens with one attached hydrogen (secondary N) is 1. The second kappa shape index (κ2) is 5.95. The van der Waals surface area contributed by atoms with E-state index in [1.165, 1.54) is 0 Å². The van der Waals surface area contributed by atoms with Gasteiger partial charge in [0.2, 0.25) is 0 Å². The fourth-order valence-corrected chi connectivity index (χ4v) is 1.72. The minimum Gasteiger partial charge on any atom is -0.361 e. The molecule has 0 saturated heterocycles. The summed E-state index contributed by atoms with van der Waals surface area (Å²) >= 11 is 4.08. The van der Waals surface area contributed by atoms with Crippen LogP contribution < -0.4 is 0 Å². The summed E-state index contributed by atoms with van der Waals surface area (Å²) < 4.78 is 0. The molecule has 0 atom stereocenters. The molecule has 0 aliphatic carbocycles. The lowest BCUT2D eigenvalue weighted by Gasteiger charge is -1.88. The molecule has 88 valence electrons. The molecule has 3 aromatic rings. The number of aromatic nitrogens is 1. The largest absolute Gasteiger partial charge is 0.361 e. The summed E-state index contributed by atoms with van der Waals surface area (Å²) in [6.45, 7) is 0. The minimum absolute atomic E-state index is 0.694. The first-order valence-corrected chi connectivity index (χ1v) is 5.95. The molecule has 0 aliphatic heterocycles. The average molecular weight is 252 g/mol. The van der Waals surface area contributed by atoms with Gasteiger partial charge in [-0.25, -0.2) is 0 Å². The molecule has 1 N–H and O–H groups in total. The van der Waals surface area contributed by atoms with E-state index in [0.29, 0.717) is 5.56 Å². The number of benzene rings is 2.